The van der Waals surface area contributed by atoms with Crippen LogP contribution < -0.4 is 0 Å². The molecule has 0 aromatic heterocycles. The van der Waals surface area contributed by atoms with Crippen LogP contribution >= 0.6 is 0 Å². The van der Waals surface area contributed by atoms with Gasteiger partial charge in [-0.15, -0.1) is 0 Å². The van der Waals surface area contributed by atoms with Crippen LogP contribution in [0.2, 0.25) is 0 Å². The quantitative estimate of drug-likeness (QED) is 0.701. The van der Waals surface area contributed by atoms with Crippen molar-refractivity contribution >= 4 is 5.91 Å². The fourth-order valence-corrected chi connectivity index (χ4v) is 1.75. The first kappa shape index (κ1) is 10.5. The van der Waals surface area contributed by atoms with Gasteiger partial charge in [0.15, 0.2) is 0 Å². The molecular formula is C10H19NO2. The van der Waals surface area contributed by atoms with Gasteiger partial charge in [0.2, 0.25) is 5.91 Å². The van der Waals surface area contributed by atoms with E-state index >= 15 is 0 Å². The Kier molecular flexibility index (Phi) is 4.83. The number of aliphatic hydroxyl groups excluding tert-OH is 1. The molecule has 76 valence electrons. The summed E-state index contributed by atoms with van der Waals surface area (Å²) >= 11 is 0. The van der Waals surface area contributed by atoms with Crippen molar-refractivity contribution in [2.45, 2.75) is 38.5 Å². The lowest BCUT2D eigenvalue weighted by Gasteiger charge is -2.20. The number of carbonyl (C=O) groups is 1. The molecule has 1 aliphatic heterocycles. The Morgan fingerprint density at radius 2 is 1.85 bits per heavy atom. The van der Waals surface area contributed by atoms with Gasteiger partial charge in [-0.1, -0.05) is 19.3 Å². The standard InChI is InChI=1S/C10H19NO2/c12-9-8-11-7-5-3-1-2-4-6-10(11)13/h12H,1-9H2. The van der Waals surface area contributed by atoms with E-state index in [9.17, 15) is 4.79 Å². The van der Waals surface area contributed by atoms with Crippen molar-refractivity contribution in [3.63, 3.8) is 0 Å². The molecule has 0 saturated carbocycles. The zero-order valence-corrected chi connectivity index (χ0v) is 8.17. The van der Waals surface area contributed by atoms with E-state index in [1.165, 1.54) is 19.3 Å². The minimum atomic E-state index is 0.0890. The molecular weight excluding hydrogens is 166 g/mol. The number of hydrogen-bond donors (Lipinski definition) is 1. The van der Waals surface area contributed by atoms with Gasteiger partial charge in [-0.25, -0.2) is 0 Å². The van der Waals surface area contributed by atoms with Gasteiger partial charge in [0, 0.05) is 19.5 Å². The number of β-amino-alcohol motifs (C(OH)–C–C–N with tert-alkyl or cyclic N) is 1. The Morgan fingerprint density at radius 1 is 1.15 bits per heavy atom. The molecule has 1 saturated heterocycles. The summed E-state index contributed by atoms with van der Waals surface area (Å²) in [6, 6.07) is 0. The maximum Gasteiger partial charge on any atom is 0.222 e. The number of aliphatic hydroxyl groups is 1. The van der Waals surface area contributed by atoms with Gasteiger partial charge in [-0.3, -0.25) is 4.79 Å². The zero-order valence-electron chi connectivity index (χ0n) is 8.17. The van der Waals surface area contributed by atoms with E-state index in [1.807, 2.05) is 0 Å². The minimum Gasteiger partial charge on any atom is -0.395 e. The fourth-order valence-electron chi connectivity index (χ4n) is 1.75. The van der Waals surface area contributed by atoms with Crippen LogP contribution in [0.1, 0.15) is 38.5 Å². The smallest absolute Gasteiger partial charge is 0.222 e. The molecule has 13 heavy (non-hydrogen) atoms. The lowest BCUT2D eigenvalue weighted by Crippen LogP contribution is -2.33. The summed E-state index contributed by atoms with van der Waals surface area (Å²) in [6.45, 7) is 1.43. The van der Waals surface area contributed by atoms with Crippen LogP contribution in [-0.2, 0) is 4.79 Å². The van der Waals surface area contributed by atoms with Crippen molar-refractivity contribution in [3.05, 3.63) is 0 Å². The average molecular weight is 185 g/mol. The third kappa shape index (κ3) is 3.77. The van der Waals surface area contributed by atoms with Crippen LogP contribution in [0.3, 0.4) is 0 Å². The molecule has 1 rings (SSSR count). The first-order valence-corrected chi connectivity index (χ1v) is 5.23. The summed E-state index contributed by atoms with van der Waals surface area (Å²) < 4.78 is 0. The highest BCUT2D eigenvalue weighted by atomic mass is 16.3. The summed E-state index contributed by atoms with van der Waals surface area (Å²) in [5, 5.41) is 8.77. The van der Waals surface area contributed by atoms with Crippen LogP contribution in [0.4, 0.5) is 0 Å². The van der Waals surface area contributed by atoms with Gasteiger partial charge in [0.1, 0.15) is 0 Å². The van der Waals surface area contributed by atoms with Gasteiger partial charge < -0.3 is 10.0 Å². The molecule has 1 amide bonds. The van der Waals surface area contributed by atoms with E-state index in [-0.39, 0.29) is 12.5 Å². The van der Waals surface area contributed by atoms with Crippen LogP contribution in [0.15, 0.2) is 0 Å². The van der Waals surface area contributed by atoms with Crippen molar-refractivity contribution in [3.8, 4) is 0 Å². The molecule has 1 aliphatic rings. The zero-order chi connectivity index (χ0) is 9.52. The predicted octanol–water partition coefficient (Wildman–Crippen LogP) is 1.16. The summed E-state index contributed by atoms with van der Waals surface area (Å²) in [5.41, 5.74) is 0. The number of amides is 1. The fraction of sp³-hybridized carbons (Fsp3) is 0.900. The Morgan fingerprint density at radius 3 is 2.62 bits per heavy atom. The number of carbonyl (C=O) groups excluding carboxylic acids is 1. The van der Waals surface area contributed by atoms with E-state index in [0.717, 1.165) is 19.4 Å². The van der Waals surface area contributed by atoms with Crippen LogP contribution in [0.5, 0.6) is 0 Å². The topological polar surface area (TPSA) is 40.5 Å². The van der Waals surface area contributed by atoms with E-state index in [1.54, 1.807) is 4.90 Å². The molecule has 0 aliphatic carbocycles. The van der Waals surface area contributed by atoms with Gasteiger partial charge >= 0.3 is 0 Å². The monoisotopic (exact) mass is 185 g/mol. The number of nitrogens with zero attached hydrogens (tertiary/aromatic N) is 1. The maximum atomic E-state index is 11.5. The highest BCUT2D eigenvalue weighted by Gasteiger charge is 2.13. The Balaban J connectivity index is 2.40. The Hall–Kier alpha value is -0.570. The van der Waals surface area contributed by atoms with E-state index < -0.39 is 0 Å². The van der Waals surface area contributed by atoms with E-state index in [0.29, 0.717) is 13.0 Å². The summed E-state index contributed by atoms with van der Waals surface area (Å²) in [5.74, 6) is 0.218. The SMILES string of the molecule is O=C1CCCCCCCN1CCO. The molecule has 0 atom stereocenters. The van der Waals surface area contributed by atoms with Crippen molar-refractivity contribution in [1.82, 2.24) is 4.90 Å². The third-order valence-electron chi connectivity index (χ3n) is 2.54. The molecule has 0 spiro atoms. The molecule has 1 fully saturated rings. The van der Waals surface area contributed by atoms with Crippen LogP contribution in [0, 0.1) is 0 Å². The number of hydrogen-bond acceptors (Lipinski definition) is 2. The first-order valence-electron chi connectivity index (χ1n) is 5.23. The predicted molar refractivity (Wildman–Crippen MR) is 51.4 cm³/mol. The molecule has 3 heteroatoms. The van der Waals surface area contributed by atoms with Crippen LogP contribution in [0.25, 0.3) is 0 Å². The normalized spacial score (nSPS) is 20.7. The Labute approximate surface area is 79.7 Å². The van der Waals surface area contributed by atoms with E-state index in [4.69, 9.17) is 5.11 Å². The van der Waals surface area contributed by atoms with Gasteiger partial charge in [-0.2, -0.15) is 0 Å². The summed E-state index contributed by atoms with van der Waals surface area (Å²) in [6.07, 6.45) is 6.42. The first-order chi connectivity index (χ1) is 6.34. The van der Waals surface area contributed by atoms with Crippen molar-refractivity contribution in [2.75, 3.05) is 19.7 Å². The second-order valence-corrected chi connectivity index (χ2v) is 3.62. The summed E-state index contributed by atoms with van der Waals surface area (Å²) in [4.78, 5) is 13.3. The maximum absolute atomic E-state index is 11.5. The molecule has 0 aromatic rings. The lowest BCUT2D eigenvalue weighted by molar-refractivity contribution is -0.131. The molecule has 0 unspecified atom stereocenters. The largest absolute Gasteiger partial charge is 0.395 e. The average Bonchev–Trinajstić information content (AvgIpc) is 2.21. The number of rotatable bonds is 2. The highest BCUT2D eigenvalue weighted by molar-refractivity contribution is 5.76. The van der Waals surface area contributed by atoms with Crippen molar-refractivity contribution in [1.29, 1.82) is 0 Å². The second kappa shape index (κ2) is 5.97. The van der Waals surface area contributed by atoms with Gasteiger partial charge in [0.05, 0.1) is 6.61 Å². The highest BCUT2D eigenvalue weighted by Crippen LogP contribution is 2.11. The van der Waals surface area contributed by atoms with Crippen molar-refractivity contribution < 1.29 is 9.90 Å². The molecule has 0 bridgehead atoms. The molecule has 0 radical (unpaired) electrons. The molecule has 3 nitrogen and oxygen atoms in total. The molecule has 1 N–H and O–H groups in total. The molecule has 0 aromatic carbocycles. The molecule has 1 heterocycles. The van der Waals surface area contributed by atoms with Crippen LogP contribution in [-0.4, -0.2) is 35.6 Å². The summed E-state index contributed by atoms with van der Waals surface area (Å²) in [7, 11) is 0. The third-order valence-corrected chi connectivity index (χ3v) is 2.54. The van der Waals surface area contributed by atoms with Gasteiger partial charge in [-0.05, 0) is 12.8 Å². The second-order valence-electron chi connectivity index (χ2n) is 3.62. The Bertz CT molecular complexity index is 159. The van der Waals surface area contributed by atoms with Gasteiger partial charge in [0.25, 0.3) is 0 Å². The van der Waals surface area contributed by atoms with E-state index in [2.05, 4.69) is 0 Å². The van der Waals surface area contributed by atoms with Crippen molar-refractivity contribution in [2.24, 2.45) is 0 Å². The lowest BCUT2D eigenvalue weighted by atomic mass is 10.1. The minimum absolute atomic E-state index is 0.0890.